The largest absolute Gasteiger partial charge is 0.493 e. The van der Waals surface area contributed by atoms with Crippen LogP contribution in [0.5, 0.6) is 5.75 Å². The molecule has 0 aliphatic rings. The van der Waals surface area contributed by atoms with E-state index >= 15 is 0 Å². The van der Waals surface area contributed by atoms with E-state index in [2.05, 4.69) is 9.97 Å². The summed E-state index contributed by atoms with van der Waals surface area (Å²) < 4.78 is 5.55. The molecule has 1 heterocycles. The van der Waals surface area contributed by atoms with Gasteiger partial charge in [0.15, 0.2) is 5.16 Å². The lowest BCUT2D eigenvalue weighted by Gasteiger charge is -2.05. The molecular weight excluding hydrogens is 256 g/mol. The molecule has 1 aromatic heterocycles. The number of halogens is 1. The Labute approximate surface area is 109 Å². The molecule has 0 spiro atoms. The Morgan fingerprint density at radius 1 is 1.18 bits per heavy atom. The number of benzene rings is 1. The predicted octanol–water partition coefficient (Wildman–Crippen LogP) is 3.30. The molecule has 0 fully saturated rings. The second-order valence-electron chi connectivity index (χ2n) is 3.19. The minimum Gasteiger partial charge on any atom is -0.493 e. The van der Waals surface area contributed by atoms with Crippen LogP contribution in [0.15, 0.2) is 47.9 Å². The van der Waals surface area contributed by atoms with E-state index in [1.807, 2.05) is 18.2 Å². The van der Waals surface area contributed by atoms with Crippen LogP contribution >= 0.6 is 23.4 Å². The summed E-state index contributed by atoms with van der Waals surface area (Å²) in [5, 5.41) is 1.45. The lowest BCUT2D eigenvalue weighted by Crippen LogP contribution is -2.00. The molecule has 0 aliphatic carbocycles. The Kier molecular flexibility index (Phi) is 4.64. The lowest BCUT2D eigenvalue weighted by atomic mass is 10.3. The SMILES string of the molecule is Clc1cccc(OCCSc2ncccn2)c1. The summed E-state index contributed by atoms with van der Waals surface area (Å²) in [7, 11) is 0. The van der Waals surface area contributed by atoms with Crippen LogP contribution in [-0.4, -0.2) is 22.3 Å². The third-order valence-electron chi connectivity index (χ3n) is 1.92. The van der Waals surface area contributed by atoms with Crippen LogP contribution in [-0.2, 0) is 0 Å². The number of aromatic nitrogens is 2. The predicted molar refractivity (Wildman–Crippen MR) is 69.7 cm³/mol. The van der Waals surface area contributed by atoms with Crippen molar-refractivity contribution in [2.45, 2.75) is 5.16 Å². The third-order valence-corrected chi connectivity index (χ3v) is 3.00. The zero-order valence-electron chi connectivity index (χ0n) is 9.04. The van der Waals surface area contributed by atoms with E-state index < -0.39 is 0 Å². The molecule has 2 rings (SSSR count). The number of hydrogen-bond donors (Lipinski definition) is 0. The number of nitrogens with zero attached hydrogens (tertiary/aromatic N) is 2. The first-order valence-corrected chi connectivity index (χ1v) is 6.49. The highest BCUT2D eigenvalue weighted by molar-refractivity contribution is 7.99. The van der Waals surface area contributed by atoms with Crippen molar-refractivity contribution in [3.63, 3.8) is 0 Å². The van der Waals surface area contributed by atoms with Gasteiger partial charge in [0.05, 0.1) is 6.61 Å². The average molecular weight is 267 g/mol. The van der Waals surface area contributed by atoms with Crippen LogP contribution in [0.2, 0.25) is 5.02 Å². The van der Waals surface area contributed by atoms with Crippen LogP contribution in [0, 0.1) is 0 Å². The summed E-state index contributed by atoms with van der Waals surface area (Å²) in [6.07, 6.45) is 3.46. The molecule has 0 amide bonds. The molecule has 0 N–H and O–H groups in total. The molecule has 88 valence electrons. The van der Waals surface area contributed by atoms with Gasteiger partial charge in [-0.15, -0.1) is 0 Å². The van der Waals surface area contributed by atoms with Gasteiger partial charge >= 0.3 is 0 Å². The number of rotatable bonds is 5. The molecule has 0 atom stereocenters. The molecule has 5 heteroatoms. The van der Waals surface area contributed by atoms with Gasteiger partial charge in [-0.05, 0) is 24.3 Å². The number of hydrogen-bond acceptors (Lipinski definition) is 4. The minimum absolute atomic E-state index is 0.600. The maximum absolute atomic E-state index is 5.85. The third kappa shape index (κ3) is 4.24. The van der Waals surface area contributed by atoms with Gasteiger partial charge in [0.25, 0.3) is 0 Å². The summed E-state index contributed by atoms with van der Waals surface area (Å²) in [6, 6.07) is 9.17. The van der Waals surface area contributed by atoms with E-state index in [0.717, 1.165) is 16.7 Å². The monoisotopic (exact) mass is 266 g/mol. The molecule has 0 aliphatic heterocycles. The first-order chi connectivity index (χ1) is 8.34. The summed E-state index contributed by atoms with van der Waals surface area (Å²) in [6.45, 7) is 0.600. The van der Waals surface area contributed by atoms with E-state index in [-0.39, 0.29) is 0 Å². The molecule has 0 radical (unpaired) electrons. The molecule has 2 aromatic rings. The Morgan fingerprint density at radius 3 is 2.76 bits per heavy atom. The fourth-order valence-electron chi connectivity index (χ4n) is 1.21. The molecule has 0 bridgehead atoms. The Morgan fingerprint density at radius 2 is 2.00 bits per heavy atom. The quantitative estimate of drug-likeness (QED) is 0.473. The first-order valence-electron chi connectivity index (χ1n) is 5.13. The summed E-state index contributed by atoms with van der Waals surface area (Å²) in [5.74, 6) is 1.59. The maximum atomic E-state index is 5.85. The van der Waals surface area contributed by atoms with Crippen LogP contribution in [0.1, 0.15) is 0 Å². The molecule has 0 saturated heterocycles. The van der Waals surface area contributed by atoms with Crippen LogP contribution < -0.4 is 4.74 Å². The fraction of sp³-hybridized carbons (Fsp3) is 0.167. The van der Waals surface area contributed by atoms with Crippen molar-refractivity contribution in [1.82, 2.24) is 9.97 Å². The van der Waals surface area contributed by atoms with Gasteiger partial charge in [0, 0.05) is 23.2 Å². The highest BCUT2D eigenvalue weighted by Gasteiger charge is 1.97. The zero-order chi connectivity index (χ0) is 11.9. The Bertz CT molecular complexity index is 467. The van der Waals surface area contributed by atoms with Crippen molar-refractivity contribution in [1.29, 1.82) is 0 Å². The average Bonchev–Trinajstić information content (AvgIpc) is 2.36. The van der Waals surface area contributed by atoms with Gasteiger partial charge in [0.1, 0.15) is 5.75 Å². The molecule has 0 saturated carbocycles. The van der Waals surface area contributed by atoms with Crippen LogP contribution in [0.3, 0.4) is 0 Å². The van der Waals surface area contributed by atoms with Gasteiger partial charge in [-0.1, -0.05) is 29.4 Å². The Balaban J connectivity index is 1.73. The van der Waals surface area contributed by atoms with Crippen LogP contribution in [0.4, 0.5) is 0 Å². The van der Waals surface area contributed by atoms with Gasteiger partial charge in [-0.2, -0.15) is 0 Å². The van der Waals surface area contributed by atoms with Crippen molar-refractivity contribution in [2.24, 2.45) is 0 Å². The van der Waals surface area contributed by atoms with Crippen molar-refractivity contribution in [2.75, 3.05) is 12.4 Å². The lowest BCUT2D eigenvalue weighted by molar-refractivity contribution is 0.344. The van der Waals surface area contributed by atoms with Crippen molar-refractivity contribution in [3.8, 4) is 5.75 Å². The minimum atomic E-state index is 0.600. The number of thioether (sulfide) groups is 1. The van der Waals surface area contributed by atoms with Crippen molar-refractivity contribution in [3.05, 3.63) is 47.7 Å². The Hall–Kier alpha value is -1.26. The van der Waals surface area contributed by atoms with E-state index in [9.17, 15) is 0 Å². The highest BCUT2D eigenvalue weighted by Crippen LogP contribution is 2.18. The zero-order valence-corrected chi connectivity index (χ0v) is 10.6. The van der Waals surface area contributed by atoms with E-state index in [1.165, 1.54) is 0 Å². The van der Waals surface area contributed by atoms with Gasteiger partial charge in [0.2, 0.25) is 0 Å². The normalized spacial score (nSPS) is 10.2. The van der Waals surface area contributed by atoms with Crippen molar-refractivity contribution >= 4 is 23.4 Å². The second-order valence-corrected chi connectivity index (χ2v) is 4.68. The summed E-state index contributed by atoms with van der Waals surface area (Å²) >= 11 is 7.41. The molecule has 1 aromatic carbocycles. The van der Waals surface area contributed by atoms with Gasteiger partial charge in [-0.25, -0.2) is 9.97 Å². The van der Waals surface area contributed by atoms with Crippen LogP contribution in [0.25, 0.3) is 0 Å². The summed E-state index contributed by atoms with van der Waals surface area (Å²) in [5.41, 5.74) is 0. The van der Waals surface area contributed by atoms with Crippen molar-refractivity contribution < 1.29 is 4.74 Å². The molecule has 17 heavy (non-hydrogen) atoms. The standard InChI is InChI=1S/C12H11ClN2OS/c13-10-3-1-4-11(9-10)16-7-8-17-12-14-5-2-6-15-12/h1-6,9H,7-8H2. The molecule has 3 nitrogen and oxygen atoms in total. The molecular formula is C12H11ClN2OS. The first kappa shape index (κ1) is 12.2. The second kappa shape index (κ2) is 6.47. The van der Waals surface area contributed by atoms with Gasteiger partial charge < -0.3 is 4.74 Å². The highest BCUT2D eigenvalue weighted by atomic mass is 35.5. The fourth-order valence-corrected chi connectivity index (χ4v) is 2.01. The van der Waals surface area contributed by atoms with E-state index in [0.29, 0.717) is 11.6 Å². The number of ether oxygens (including phenoxy) is 1. The van der Waals surface area contributed by atoms with E-state index in [4.69, 9.17) is 16.3 Å². The smallest absolute Gasteiger partial charge is 0.187 e. The van der Waals surface area contributed by atoms with E-state index in [1.54, 1.807) is 36.3 Å². The maximum Gasteiger partial charge on any atom is 0.187 e. The summed E-state index contributed by atoms with van der Waals surface area (Å²) in [4.78, 5) is 8.23. The molecule has 0 unspecified atom stereocenters. The van der Waals surface area contributed by atoms with Gasteiger partial charge in [-0.3, -0.25) is 0 Å². The topological polar surface area (TPSA) is 35.0 Å².